The highest BCUT2D eigenvalue weighted by molar-refractivity contribution is 7.79. The van der Waals surface area contributed by atoms with Crippen LogP contribution >= 0.6 is 12.8 Å². The molecule has 1 atom stereocenters. The first-order valence-electron chi connectivity index (χ1n) is 16.3. The summed E-state index contributed by atoms with van der Waals surface area (Å²) in [5.41, 5.74) is 2.15. The monoisotopic (exact) mass is 603 g/mol. The molecule has 0 amide bonds. The first-order chi connectivity index (χ1) is 19.5. The van der Waals surface area contributed by atoms with Crippen molar-refractivity contribution in [3.63, 3.8) is 0 Å². The molecule has 0 aliphatic rings. The molecular weight excluding hydrogens is 532 g/mol. The zero-order valence-corrected chi connectivity index (χ0v) is 30.2. The third kappa shape index (κ3) is 36.5. The Balaban J connectivity index is -0.000000264. The minimum absolute atomic E-state index is 0.149. The molecule has 0 aromatic heterocycles. The van der Waals surface area contributed by atoms with Gasteiger partial charge < -0.3 is 14.2 Å². The van der Waals surface area contributed by atoms with E-state index in [2.05, 4.69) is 95.1 Å². The van der Waals surface area contributed by atoms with Crippen molar-refractivity contribution in [3.8, 4) is 0 Å². The normalized spacial score (nSPS) is 11.9. The lowest BCUT2D eigenvalue weighted by Crippen LogP contribution is -2.19. The predicted octanol–water partition coefficient (Wildman–Crippen LogP) is 11.8. The van der Waals surface area contributed by atoms with E-state index in [1.807, 2.05) is 13.8 Å². The highest BCUT2D eigenvalue weighted by Crippen LogP contribution is 2.25. The van der Waals surface area contributed by atoms with Crippen molar-refractivity contribution < 1.29 is 19.0 Å². The molecule has 41 heavy (non-hydrogen) atoms. The summed E-state index contributed by atoms with van der Waals surface area (Å²) < 4.78 is 18.4. The highest BCUT2D eigenvalue weighted by atomic mass is 32.1. The van der Waals surface area contributed by atoms with Crippen molar-refractivity contribution in [3.05, 3.63) is 11.6 Å². The lowest BCUT2D eigenvalue weighted by Gasteiger charge is -2.21. The fourth-order valence-electron chi connectivity index (χ4n) is 3.69. The quantitative estimate of drug-likeness (QED) is 0.0570. The van der Waals surface area contributed by atoms with E-state index >= 15 is 0 Å². The van der Waals surface area contributed by atoms with Gasteiger partial charge in [0.15, 0.2) is 0 Å². The van der Waals surface area contributed by atoms with Crippen LogP contribution in [0.15, 0.2) is 16.0 Å². The molecule has 7 heteroatoms. The minimum atomic E-state index is -0.582. The molecule has 0 aromatic rings. The molecule has 0 bridgehead atoms. The highest BCUT2D eigenvalue weighted by Gasteiger charge is 2.13. The molecule has 246 valence electrons. The van der Waals surface area contributed by atoms with Gasteiger partial charge in [-0.25, -0.2) is 9.19 Å². The van der Waals surface area contributed by atoms with E-state index in [1.165, 1.54) is 45.6 Å². The van der Waals surface area contributed by atoms with Crippen LogP contribution in [-0.4, -0.2) is 38.1 Å². The van der Waals surface area contributed by atoms with Gasteiger partial charge in [-0.3, -0.25) is 5.41 Å². The molecule has 0 radical (unpaired) electrons. The molecule has 0 aliphatic heterocycles. The molecule has 6 nitrogen and oxygen atoms in total. The van der Waals surface area contributed by atoms with Gasteiger partial charge in [-0.15, -0.1) is 0 Å². The van der Waals surface area contributed by atoms with E-state index in [0.717, 1.165) is 56.4 Å². The maximum Gasteiger partial charge on any atom is 0.507 e. The number of allylic oxidation sites excluding steroid dienone is 1. The van der Waals surface area contributed by atoms with Crippen LogP contribution in [0.3, 0.4) is 0 Å². The molecule has 0 rings (SSSR count). The topological polar surface area (TPSA) is 81.0 Å². The van der Waals surface area contributed by atoms with Gasteiger partial charge in [0.05, 0.1) is 20.3 Å². The lowest BCUT2D eigenvalue weighted by atomic mass is 9.84. The third-order valence-corrected chi connectivity index (χ3v) is 6.17. The number of unbranched alkanes of at least 4 members (excludes halogenated alkanes) is 7. The Kier molecular flexibility index (Phi) is 39.3. The van der Waals surface area contributed by atoms with Gasteiger partial charge in [-0.1, -0.05) is 134 Å². The van der Waals surface area contributed by atoms with Crippen LogP contribution in [0.1, 0.15) is 160 Å². The molecule has 0 aliphatic carbocycles. The Morgan fingerprint density at radius 2 is 1.39 bits per heavy atom. The number of methoxy groups -OCH3 is 1. The van der Waals surface area contributed by atoms with Crippen LogP contribution in [-0.2, 0) is 14.2 Å². The fourth-order valence-corrected chi connectivity index (χ4v) is 3.91. The Morgan fingerprint density at radius 3 is 1.73 bits per heavy atom. The summed E-state index contributed by atoms with van der Waals surface area (Å²) in [5.74, 6) is 1.04. The summed E-state index contributed by atoms with van der Waals surface area (Å²) in [6, 6.07) is 0. The summed E-state index contributed by atoms with van der Waals surface area (Å²) in [7, 11) is 1.31. The summed E-state index contributed by atoms with van der Waals surface area (Å²) >= 11 is 3.98. The molecule has 0 saturated carbocycles. The average Bonchev–Trinajstić information content (AvgIpc) is 2.95. The average molecular weight is 603 g/mol. The third-order valence-electron chi connectivity index (χ3n) is 5.97. The maximum atomic E-state index is 10.4. The number of nitrogens with one attached hydrogen (secondary N) is 1. The Labute approximate surface area is 261 Å². The summed E-state index contributed by atoms with van der Waals surface area (Å²) in [6.45, 7) is 25.1. The van der Waals surface area contributed by atoms with Crippen LogP contribution in [0.5, 0.6) is 0 Å². The van der Waals surface area contributed by atoms with Crippen molar-refractivity contribution in [1.82, 2.24) is 0 Å². The second-order valence-electron chi connectivity index (χ2n) is 11.2. The smallest absolute Gasteiger partial charge is 0.477 e. The predicted molar refractivity (Wildman–Crippen MR) is 185 cm³/mol. The molecule has 0 heterocycles. The van der Waals surface area contributed by atoms with E-state index in [4.69, 9.17) is 10.1 Å². The van der Waals surface area contributed by atoms with Crippen molar-refractivity contribution in [1.29, 1.82) is 5.41 Å². The van der Waals surface area contributed by atoms with E-state index in [9.17, 15) is 4.79 Å². The molecule has 0 saturated heterocycles. The van der Waals surface area contributed by atoms with Gasteiger partial charge in [0.25, 0.3) is 0 Å². The Morgan fingerprint density at radius 1 is 0.878 bits per heavy atom. The van der Waals surface area contributed by atoms with Gasteiger partial charge in [-0.05, 0) is 61.8 Å². The van der Waals surface area contributed by atoms with Crippen molar-refractivity contribution >= 4 is 30.6 Å². The van der Waals surface area contributed by atoms with Crippen LogP contribution in [0.25, 0.3) is 0 Å². The Bertz CT molecular complexity index is 643. The van der Waals surface area contributed by atoms with Gasteiger partial charge in [0, 0.05) is 0 Å². The molecule has 1 N–H and O–H groups in total. The van der Waals surface area contributed by atoms with E-state index in [-0.39, 0.29) is 5.90 Å². The Hall–Kier alpha value is -1.50. The van der Waals surface area contributed by atoms with Crippen LogP contribution < -0.4 is 0 Å². The van der Waals surface area contributed by atoms with E-state index in [1.54, 1.807) is 0 Å². The first-order valence-corrected chi connectivity index (χ1v) is 16.7. The van der Waals surface area contributed by atoms with Gasteiger partial charge in [0.2, 0.25) is 5.90 Å². The number of nitrogens with zero attached hydrogens (tertiary/aromatic N) is 1. The van der Waals surface area contributed by atoms with Crippen molar-refractivity contribution in [2.75, 3.05) is 20.3 Å². The number of ether oxygens (including phenoxy) is 3. The van der Waals surface area contributed by atoms with Crippen LogP contribution in [0.2, 0.25) is 0 Å². The van der Waals surface area contributed by atoms with Gasteiger partial charge in [0.1, 0.15) is 5.71 Å². The fraction of sp³-hybridized carbons (Fsp3) is 0.853. The molecule has 0 fully saturated rings. The summed E-state index contributed by atoms with van der Waals surface area (Å²) in [4.78, 5) is 10.4. The molecule has 0 aromatic carbocycles. The van der Waals surface area contributed by atoms with Crippen LogP contribution in [0.4, 0.5) is 4.79 Å². The molecular formula is C34H70N2O4S. The largest absolute Gasteiger partial charge is 0.507 e. The zero-order chi connectivity index (χ0) is 32.5. The summed E-state index contributed by atoms with van der Waals surface area (Å²) in [5, 5.41) is 7.95. The number of carbonyl (C=O) groups excluding carboxylic acids is 1. The number of rotatable bonds is 17. The SMILES string of the molecule is CC.CCC(C)CC(C)(C)C.CCC/C=C(CC)/C(=N/S)C(=N)OCCCCCC.CCCCCCOC(=O)OC. The molecule has 0 spiro atoms. The number of hydrogen-bond acceptors (Lipinski definition) is 7. The number of carbonyl (C=O) groups is 1. The second kappa shape index (κ2) is 34.7. The van der Waals surface area contributed by atoms with Crippen molar-refractivity contribution in [2.45, 2.75) is 160 Å². The lowest BCUT2D eigenvalue weighted by molar-refractivity contribution is 0.0713. The van der Waals surface area contributed by atoms with Crippen molar-refractivity contribution in [2.24, 2.45) is 15.7 Å². The zero-order valence-electron chi connectivity index (χ0n) is 29.3. The van der Waals surface area contributed by atoms with Crippen LogP contribution in [0, 0.1) is 16.7 Å². The maximum absolute atomic E-state index is 10.4. The summed E-state index contributed by atoms with van der Waals surface area (Å²) in [6.07, 6.45) is 16.2. The number of thiol groups is 1. The minimum Gasteiger partial charge on any atom is -0.477 e. The van der Waals surface area contributed by atoms with Gasteiger partial charge in [-0.2, -0.15) is 0 Å². The van der Waals surface area contributed by atoms with E-state index < -0.39 is 6.16 Å². The second-order valence-corrected chi connectivity index (χ2v) is 11.4. The van der Waals surface area contributed by atoms with E-state index in [0.29, 0.717) is 24.3 Å². The van der Waals surface area contributed by atoms with Gasteiger partial charge >= 0.3 is 6.16 Å². The first kappa shape index (κ1) is 46.5. The number of hydrogen-bond donors (Lipinski definition) is 2. The standard InChI is InChI=1S/C15H28N2OS.C9H20.C8H16O3.C2H6/c1-4-7-9-10-12-18-15(16)14(17-19)13(6-3)11-8-5-2;1-6-8(2)7-9(3,4)5;1-3-4-5-6-7-11-8(9)10-2;1-2/h11,16,19H,4-10,12H2,1-3H3;8H,6-7H2,1-5H3;3-7H2,1-2H3;1-2H3/b13-11+,16-15?,17-14-;;;. The molecule has 1 unspecified atom stereocenters.